The Bertz CT molecular complexity index is 627. The van der Waals surface area contributed by atoms with E-state index < -0.39 is 0 Å². The number of amidine groups is 1. The van der Waals surface area contributed by atoms with Crippen molar-refractivity contribution in [2.24, 2.45) is 5.10 Å². The summed E-state index contributed by atoms with van der Waals surface area (Å²) in [5.41, 5.74) is 4.95. The van der Waals surface area contributed by atoms with Crippen LogP contribution in [0, 0.1) is 5.82 Å². The van der Waals surface area contributed by atoms with E-state index in [2.05, 4.69) is 22.8 Å². The van der Waals surface area contributed by atoms with Crippen molar-refractivity contribution >= 4 is 11.7 Å². The molecule has 1 aromatic carbocycles. The first kappa shape index (κ1) is 17.0. The Morgan fingerprint density at radius 1 is 1.35 bits per heavy atom. The third-order valence-corrected chi connectivity index (χ3v) is 3.65. The summed E-state index contributed by atoms with van der Waals surface area (Å²) in [5.74, 6) is 0.705. The molecule has 2 aliphatic heterocycles. The second-order valence-corrected chi connectivity index (χ2v) is 5.44. The van der Waals surface area contributed by atoms with E-state index in [1.807, 2.05) is 24.8 Å². The second-order valence-electron chi connectivity index (χ2n) is 5.44. The van der Waals surface area contributed by atoms with Crippen molar-refractivity contribution in [3.63, 3.8) is 0 Å². The van der Waals surface area contributed by atoms with Crippen LogP contribution in [0.1, 0.15) is 39.2 Å². The number of fused-ring (bicyclic) bond motifs is 1. The molecule has 23 heavy (non-hydrogen) atoms. The Balaban J connectivity index is 0.000000185. The van der Waals surface area contributed by atoms with Gasteiger partial charge < -0.3 is 5.32 Å². The molecule has 0 spiro atoms. The number of allylic oxidation sites excluding steroid dienone is 1. The quantitative estimate of drug-likeness (QED) is 0.901. The third kappa shape index (κ3) is 4.31. The van der Waals surface area contributed by atoms with Crippen molar-refractivity contribution in [3.8, 4) is 0 Å². The van der Waals surface area contributed by atoms with E-state index in [4.69, 9.17) is 0 Å². The molecular weight excluding hydrogens is 295 g/mol. The summed E-state index contributed by atoms with van der Waals surface area (Å²) in [5, 5.41) is 6.87. The Labute approximate surface area is 136 Å². The van der Waals surface area contributed by atoms with Crippen LogP contribution in [0.15, 0.2) is 41.1 Å². The Hall–Kier alpha value is -2.37. The smallest absolute Gasteiger partial charge is 0.248 e. The van der Waals surface area contributed by atoms with Crippen molar-refractivity contribution in [3.05, 3.63) is 47.4 Å². The van der Waals surface area contributed by atoms with Gasteiger partial charge in [-0.25, -0.2) is 4.39 Å². The van der Waals surface area contributed by atoms with Gasteiger partial charge >= 0.3 is 0 Å². The van der Waals surface area contributed by atoms with E-state index in [0.717, 1.165) is 36.4 Å². The minimum Gasteiger partial charge on any atom is -0.314 e. The molecule has 0 saturated carbocycles. The molecule has 1 amide bonds. The summed E-state index contributed by atoms with van der Waals surface area (Å²) in [4.78, 5) is 13.3. The normalized spacial score (nSPS) is 18.9. The second kappa shape index (κ2) is 7.76. The number of amides is 1. The topological polar surface area (TPSA) is 56.7 Å². The highest BCUT2D eigenvalue weighted by Gasteiger charge is 2.32. The Morgan fingerprint density at radius 3 is 2.74 bits per heavy atom. The van der Waals surface area contributed by atoms with E-state index in [9.17, 15) is 9.18 Å². The first-order valence-corrected chi connectivity index (χ1v) is 7.89. The number of carbonyl (C=O) groups is 1. The Morgan fingerprint density at radius 2 is 2.13 bits per heavy atom. The van der Waals surface area contributed by atoms with Crippen molar-refractivity contribution < 1.29 is 9.18 Å². The lowest BCUT2D eigenvalue weighted by molar-refractivity contribution is -0.119. The molecule has 2 aliphatic rings. The minimum absolute atomic E-state index is 0.0490. The van der Waals surface area contributed by atoms with Gasteiger partial charge in [-0.05, 0) is 37.5 Å². The van der Waals surface area contributed by atoms with E-state index >= 15 is 0 Å². The largest absolute Gasteiger partial charge is 0.314 e. The number of hydrogen-bond donors (Lipinski definition) is 2. The standard InChI is InChI=1S/C9H14N4O.C8H9F/c1-3-4-7-5-8(14)10-9-12-11-6(2)13(7)9;1-2-7-4-3-5-8(9)6-7/h5,9,12H,3-4H2,1-2H3,(H,10,14);3-6H,2H2,1H3. The predicted molar refractivity (Wildman–Crippen MR) is 88.8 cm³/mol. The van der Waals surface area contributed by atoms with Crippen LogP contribution in [0.5, 0.6) is 0 Å². The van der Waals surface area contributed by atoms with Gasteiger partial charge in [-0.1, -0.05) is 32.4 Å². The SMILES string of the molecule is CCCC1=CC(=O)NC2NN=C(C)N12.CCc1cccc(F)c1. The van der Waals surface area contributed by atoms with Gasteiger partial charge in [0.25, 0.3) is 0 Å². The van der Waals surface area contributed by atoms with Crippen LogP contribution in [0.2, 0.25) is 0 Å². The highest BCUT2D eigenvalue weighted by molar-refractivity contribution is 5.93. The third-order valence-electron chi connectivity index (χ3n) is 3.65. The van der Waals surface area contributed by atoms with Crippen molar-refractivity contribution in [1.29, 1.82) is 0 Å². The molecule has 0 saturated heterocycles. The number of hydrogen-bond acceptors (Lipinski definition) is 4. The summed E-state index contributed by atoms with van der Waals surface area (Å²) < 4.78 is 12.4. The minimum atomic E-state index is -0.186. The van der Waals surface area contributed by atoms with Gasteiger partial charge in [0.1, 0.15) is 11.7 Å². The van der Waals surface area contributed by atoms with Crippen LogP contribution in [-0.4, -0.2) is 22.9 Å². The number of hydrazone groups is 1. The van der Waals surface area contributed by atoms with Crippen LogP contribution >= 0.6 is 0 Å². The van der Waals surface area contributed by atoms with Gasteiger partial charge in [0, 0.05) is 11.8 Å². The average molecular weight is 318 g/mol. The highest BCUT2D eigenvalue weighted by atomic mass is 19.1. The van der Waals surface area contributed by atoms with Crippen LogP contribution in [-0.2, 0) is 11.2 Å². The first-order chi connectivity index (χ1) is 11.0. The summed E-state index contributed by atoms with van der Waals surface area (Å²) >= 11 is 0. The molecule has 2 heterocycles. The monoisotopic (exact) mass is 318 g/mol. The van der Waals surface area contributed by atoms with Crippen LogP contribution in [0.3, 0.4) is 0 Å². The van der Waals surface area contributed by atoms with Gasteiger partial charge in [0.05, 0.1) is 0 Å². The summed E-state index contributed by atoms with van der Waals surface area (Å²) in [6.45, 7) is 6.03. The van der Waals surface area contributed by atoms with Crippen molar-refractivity contribution in [2.45, 2.75) is 46.3 Å². The van der Waals surface area contributed by atoms with E-state index in [1.165, 1.54) is 6.07 Å². The van der Waals surface area contributed by atoms with Crippen LogP contribution in [0.25, 0.3) is 0 Å². The van der Waals surface area contributed by atoms with Gasteiger partial charge in [-0.2, -0.15) is 5.10 Å². The maximum atomic E-state index is 12.4. The molecular formula is C17H23FN4O. The lowest BCUT2D eigenvalue weighted by Gasteiger charge is -2.32. The molecule has 5 nitrogen and oxygen atoms in total. The van der Waals surface area contributed by atoms with Gasteiger partial charge in [0.15, 0.2) is 6.29 Å². The molecule has 0 fully saturated rings. The number of nitrogens with zero attached hydrogens (tertiary/aromatic N) is 2. The molecule has 2 N–H and O–H groups in total. The molecule has 1 unspecified atom stereocenters. The average Bonchev–Trinajstić information content (AvgIpc) is 2.89. The number of rotatable bonds is 3. The molecule has 0 radical (unpaired) electrons. The number of benzene rings is 1. The summed E-state index contributed by atoms with van der Waals surface area (Å²) in [6.07, 6.45) is 4.28. The van der Waals surface area contributed by atoms with Gasteiger partial charge in [-0.15, -0.1) is 0 Å². The molecule has 0 aliphatic carbocycles. The maximum Gasteiger partial charge on any atom is 0.248 e. The van der Waals surface area contributed by atoms with Crippen LogP contribution in [0.4, 0.5) is 4.39 Å². The van der Waals surface area contributed by atoms with Gasteiger partial charge in [-0.3, -0.25) is 15.1 Å². The fourth-order valence-corrected chi connectivity index (χ4v) is 2.53. The molecule has 1 atom stereocenters. The van der Waals surface area contributed by atoms with E-state index in [1.54, 1.807) is 18.2 Å². The van der Waals surface area contributed by atoms with Crippen LogP contribution < -0.4 is 10.7 Å². The molecule has 1 aromatic rings. The molecule has 0 aromatic heterocycles. The highest BCUT2D eigenvalue weighted by Crippen LogP contribution is 2.20. The number of aryl methyl sites for hydroxylation is 1. The molecule has 124 valence electrons. The predicted octanol–water partition coefficient (Wildman–Crippen LogP) is 2.71. The fraction of sp³-hybridized carbons (Fsp3) is 0.412. The summed E-state index contributed by atoms with van der Waals surface area (Å²) in [6, 6.07) is 6.66. The molecule has 6 heteroatoms. The fourth-order valence-electron chi connectivity index (χ4n) is 2.53. The van der Waals surface area contributed by atoms with Crippen molar-refractivity contribution in [1.82, 2.24) is 15.6 Å². The zero-order valence-corrected chi connectivity index (χ0v) is 13.8. The Kier molecular flexibility index (Phi) is 5.73. The lowest BCUT2D eigenvalue weighted by atomic mass is 10.2. The van der Waals surface area contributed by atoms with E-state index in [-0.39, 0.29) is 18.0 Å². The molecule has 0 bridgehead atoms. The molecule has 3 rings (SSSR count). The zero-order valence-electron chi connectivity index (χ0n) is 13.8. The number of nitrogens with one attached hydrogen (secondary N) is 2. The zero-order chi connectivity index (χ0) is 16.8. The van der Waals surface area contributed by atoms with E-state index in [0.29, 0.717) is 0 Å². The summed E-state index contributed by atoms with van der Waals surface area (Å²) in [7, 11) is 0. The van der Waals surface area contributed by atoms with Crippen molar-refractivity contribution in [2.75, 3.05) is 0 Å². The number of halogens is 1. The first-order valence-electron chi connectivity index (χ1n) is 7.89. The maximum absolute atomic E-state index is 12.4. The van der Waals surface area contributed by atoms with Gasteiger partial charge in [0.2, 0.25) is 5.91 Å². The number of carbonyl (C=O) groups excluding carboxylic acids is 1. The lowest BCUT2D eigenvalue weighted by Crippen LogP contribution is -2.54.